The van der Waals surface area contributed by atoms with Crippen LogP contribution < -0.4 is 15.4 Å². The van der Waals surface area contributed by atoms with Crippen LogP contribution in [0, 0.1) is 0 Å². The third-order valence-corrected chi connectivity index (χ3v) is 6.18. The fourth-order valence-corrected chi connectivity index (χ4v) is 4.60. The van der Waals surface area contributed by atoms with Gasteiger partial charge in [0.1, 0.15) is 11.8 Å². The number of hydrogen-bond acceptors (Lipinski definition) is 7. The van der Waals surface area contributed by atoms with E-state index in [4.69, 9.17) is 14.8 Å². The molecular formula is C24H22N6O2S. The molecule has 5 rings (SSSR count). The smallest absolute Gasteiger partial charge is 0.255 e. The molecule has 0 aliphatic carbocycles. The number of hydrogen-bond donors (Lipinski definition) is 2. The number of benzene rings is 1. The number of pyridine rings is 1. The van der Waals surface area contributed by atoms with Crippen molar-refractivity contribution in [2.45, 2.75) is 19.9 Å². The molecule has 0 spiro atoms. The second-order valence-electron chi connectivity index (χ2n) is 7.44. The third kappa shape index (κ3) is 4.10. The molecule has 4 aromatic rings. The number of carbonyl (C=O) groups is 1. The molecule has 1 unspecified atom stereocenters. The normalized spacial score (nSPS) is 15.0. The quantitative estimate of drug-likeness (QED) is 0.434. The topological polar surface area (TPSA) is 94.0 Å². The molecule has 166 valence electrons. The summed E-state index contributed by atoms with van der Waals surface area (Å²) >= 11 is 1.58. The van der Waals surface area contributed by atoms with Gasteiger partial charge in [0, 0.05) is 22.3 Å². The molecule has 0 bridgehead atoms. The minimum absolute atomic E-state index is 0.213. The number of fused-ring (bicyclic) bond motifs is 1. The van der Waals surface area contributed by atoms with Gasteiger partial charge in [-0.15, -0.1) is 16.4 Å². The van der Waals surface area contributed by atoms with Gasteiger partial charge in [0.15, 0.2) is 5.82 Å². The fourth-order valence-electron chi connectivity index (χ4n) is 3.78. The van der Waals surface area contributed by atoms with Crippen molar-refractivity contribution in [3.63, 3.8) is 0 Å². The van der Waals surface area contributed by atoms with E-state index in [1.807, 2.05) is 61.7 Å². The van der Waals surface area contributed by atoms with Crippen molar-refractivity contribution in [1.29, 1.82) is 0 Å². The molecule has 3 aromatic heterocycles. The highest BCUT2D eigenvalue weighted by Gasteiger charge is 2.35. The van der Waals surface area contributed by atoms with Crippen LogP contribution in [0.5, 0.6) is 5.75 Å². The van der Waals surface area contributed by atoms with Gasteiger partial charge >= 0.3 is 0 Å². The van der Waals surface area contributed by atoms with Crippen LogP contribution in [0.25, 0.3) is 11.4 Å². The van der Waals surface area contributed by atoms with E-state index in [1.165, 1.54) is 0 Å². The summed E-state index contributed by atoms with van der Waals surface area (Å²) < 4.78 is 7.32. The van der Waals surface area contributed by atoms with Crippen LogP contribution >= 0.6 is 11.3 Å². The summed E-state index contributed by atoms with van der Waals surface area (Å²) in [6.45, 7) is 4.44. The largest absolute Gasteiger partial charge is 0.494 e. The number of anilines is 2. The maximum atomic E-state index is 13.4. The highest BCUT2D eigenvalue weighted by atomic mass is 32.1. The molecule has 2 N–H and O–H groups in total. The van der Waals surface area contributed by atoms with Crippen molar-refractivity contribution in [2.75, 3.05) is 17.2 Å². The third-order valence-electron chi connectivity index (χ3n) is 5.25. The summed E-state index contributed by atoms with van der Waals surface area (Å²) in [4.78, 5) is 23.2. The Kier molecular flexibility index (Phi) is 5.62. The van der Waals surface area contributed by atoms with Crippen molar-refractivity contribution >= 4 is 28.9 Å². The second-order valence-corrected chi connectivity index (χ2v) is 8.42. The van der Waals surface area contributed by atoms with Gasteiger partial charge in [-0.05, 0) is 61.7 Å². The highest BCUT2D eigenvalue weighted by molar-refractivity contribution is 7.10. The van der Waals surface area contributed by atoms with Crippen molar-refractivity contribution < 1.29 is 9.53 Å². The Balaban J connectivity index is 1.53. The summed E-state index contributed by atoms with van der Waals surface area (Å²) in [5.74, 6) is 1.75. The van der Waals surface area contributed by atoms with Gasteiger partial charge in [-0.2, -0.15) is 4.98 Å². The zero-order chi connectivity index (χ0) is 22.8. The van der Waals surface area contributed by atoms with Crippen molar-refractivity contribution in [2.24, 2.45) is 0 Å². The number of nitrogens with zero attached hydrogens (tertiary/aromatic N) is 4. The van der Waals surface area contributed by atoms with E-state index in [1.54, 1.807) is 34.5 Å². The second kappa shape index (κ2) is 8.87. The molecule has 1 atom stereocenters. The fraction of sp³-hybridized carbons (Fsp3) is 0.167. The van der Waals surface area contributed by atoms with Crippen LogP contribution in [-0.4, -0.2) is 32.3 Å². The standard InChI is InChI=1S/C24H22N6O2S/c1-3-32-18-10-8-16(9-11-18)22-28-24-26-15(2)20(23(31)27-17-6-4-12-25-14-17)21(30(24)29-22)19-7-5-13-33-19/h4-14,21H,3H2,1-2H3,(H,27,31)(H,26,28,29). The minimum Gasteiger partial charge on any atom is -0.494 e. The Morgan fingerprint density at radius 1 is 1.21 bits per heavy atom. The van der Waals surface area contributed by atoms with Gasteiger partial charge < -0.3 is 15.4 Å². The lowest BCUT2D eigenvalue weighted by atomic mass is 10.0. The van der Waals surface area contributed by atoms with E-state index in [-0.39, 0.29) is 5.91 Å². The Morgan fingerprint density at radius 3 is 2.76 bits per heavy atom. The monoisotopic (exact) mass is 458 g/mol. The number of nitrogens with one attached hydrogen (secondary N) is 2. The van der Waals surface area contributed by atoms with Crippen molar-refractivity contribution in [1.82, 2.24) is 19.7 Å². The van der Waals surface area contributed by atoms with Gasteiger partial charge in [-0.25, -0.2) is 4.68 Å². The molecule has 0 saturated heterocycles. The molecule has 4 heterocycles. The zero-order valence-electron chi connectivity index (χ0n) is 18.1. The first kappa shape index (κ1) is 20.9. The molecule has 9 heteroatoms. The van der Waals surface area contributed by atoms with E-state index in [2.05, 4.69) is 15.6 Å². The van der Waals surface area contributed by atoms with Crippen LogP contribution in [0.2, 0.25) is 0 Å². The molecule has 1 amide bonds. The predicted molar refractivity (Wildman–Crippen MR) is 128 cm³/mol. The molecule has 1 aliphatic heterocycles. The molecule has 1 aromatic carbocycles. The zero-order valence-corrected chi connectivity index (χ0v) is 19.0. The van der Waals surface area contributed by atoms with Gasteiger partial charge in [-0.1, -0.05) is 6.07 Å². The number of aromatic nitrogens is 4. The first-order chi connectivity index (χ1) is 16.1. The average molecular weight is 459 g/mol. The number of carbonyl (C=O) groups excluding carboxylic acids is 1. The number of thiophene rings is 1. The van der Waals surface area contributed by atoms with E-state index in [9.17, 15) is 4.79 Å². The molecule has 0 radical (unpaired) electrons. The van der Waals surface area contributed by atoms with Gasteiger partial charge in [0.2, 0.25) is 5.95 Å². The molecule has 1 aliphatic rings. The van der Waals surface area contributed by atoms with Crippen LogP contribution in [0.4, 0.5) is 11.6 Å². The summed E-state index contributed by atoms with van der Waals surface area (Å²) in [5, 5.41) is 13.0. The highest BCUT2D eigenvalue weighted by Crippen LogP contribution is 2.38. The summed E-state index contributed by atoms with van der Waals surface area (Å²) in [6, 6.07) is 14.8. The van der Waals surface area contributed by atoms with Crippen LogP contribution in [0.3, 0.4) is 0 Å². The van der Waals surface area contributed by atoms with Crippen LogP contribution in [0.1, 0.15) is 24.8 Å². The molecule has 33 heavy (non-hydrogen) atoms. The lowest BCUT2D eigenvalue weighted by Gasteiger charge is -2.27. The number of rotatable bonds is 6. The summed E-state index contributed by atoms with van der Waals surface area (Å²) in [6.07, 6.45) is 3.29. The first-order valence-electron chi connectivity index (χ1n) is 10.6. The van der Waals surface area contributed by atoms with Crippen molar-refractivity contribution in [3.8, 4) is 17.1 Å². The van der Waals surface area contributed by atoms with E-state index < -0.39 is 6.04 Å². The Bertz CT molecular complexity index is 1300. The van der Waals surface area contributed by atoms with Crippen LogP contribution in [-0.2, 0) is 4.79 Å². The number of amides is 1. The van der Waals surface area contributed by atoms with E-state index in [0.717, 1.165) is 21.9 Å². The molecular weight excluding hydrogens is 436 g/mol. The minimum atomic E-state index is -0.401. The van der Waals surface area contributed by atoms with Crippen molar-refractivity contribution in [3.05, 3.63) is 82.5 Å². The van der Waals surface area contributed by atoms with Gasteiger partial charge in [0.25, 0.3) is 5.91 Å². The number of ether oxygens (including phenoxy) is 1. The van der Waals surface area contributed by atoms with E-state index >= 15 is 0 Å². The predicted octanol–water partition coefficient (Wildman–Crippen LogP) is 4.73. The SMILES string of the molecule is CCOc1ccc(-c2nc3n(n2)C(c2cccs2)C(C(=O)Nc2cccnc2)=C(C)N3)cc1. The summed E-state index contributed by atoms with van der Waals surface area (Å²) in [5.41, 5.74) is 2.81. The average Bonchev–Trinajstić information content (AvgIpc) is 3.50. The number of allylic oxidation sites excluding steroid dienone is 1. The maximum absolute atomic E-state index is 13.4. The van der Waals surface area contributed by atoms with E-state index in [0.29, 0.717) is 29.6 Å². The lowest BCUT2D eigenvalue weighted by Crippen LogP contribution is -2.31. The maximum Gasteiger partial charge on any atom is 0.255 e. The Morgan fingerprint density at radius 2 is 2.06 bits per heavy atom. The van der Waals surface area contributed by atoms with Gasteiger partial charge in [0.05, 0.1) is 24.1 Å². The Hall–Kier alpha value is -3.98. The lowest BCUT2D eigenvalue weighted by molar-refractivity contribution is -0.113. The Labute approximate surface area is 195 Å². The van der Waals surface area contributed by atoms with Gasteiger partial charge in [-0.3, -0.25) is 9.78 Å². The molecule has 0 fully saturated rings. The first-order valence-corrected chi connectivity index (χ1v) is 11.4. The summed E-state index contributed by atoms with van der Waals surface area (Å²) in [7, 11) is 0. The molecule has 0 saturated carbocycles. The van der Waals surface area contributed by atoms with Crippen LogP contribution in [0.15, 0.2) is 77.6 Å². The molecule has 8 nitrogen and oxygen atoms in total.